The van der Waals surface area contributed by atoms with Crippen molar-refractivity contribution < 1.29 is 19.4 Å². The normalized spacial score (nSPS) is 20.7. The van der Waals surface area contributed by atoms with E-state index in [4.69, 9.17) is 9.47 Å². The number of hydrogen-bond donors (Lipinski definition) is 1. The average molecular weight is 391 g/mol. The molecular weight excluding hydrogens is 366 g/mol. The maximum absolute atomic E-state index is 11.8. The number of carbonyl (C=O) groups excluding carboxylic acids is 1. The molecule has 5 nitrogen and oxygen atoms in total. The number of aromatic hydroxyl groups is 1. The molecule has 29 heavy (non-hydrogen) atoms. The van der Waals surface area contributed by atoms with E-state index in [0.717, 1.165) is 16.8 Å². The Kier molecular flexibility index (Phi) is 4.41. The number of esters is 1. The van der Waals surface area contributed by atoms with Gasteiger partial charge >= 0.3 is 5.97 Å². The molecule has 150 valence electrons. The van der Waals surface area contributed by atoms with Gasteiger partial charge < -0.3 is 19.5 Å². The lowest BCUT2D eigenvalue weighted by Gasteiger charge is -2.47. The summed E-state index contributed by atoms with van der Waals surface area (Å²) in [7, 11) is 0. The zero-order valence-electron chi connectivity index (χ0n) is 16.9. The molecule has 0 radical (unpaired) electrons. The van der Waals surface area contributed by atoms with Gasteiger partial charge in [-0.3, -0.25) is 0 Å². The Balaban J connectivity index is 1.76. The van der Waals surface area contributed by atoms with Gasteiger partial charge in [-0.2, -0.15) is 0 Å². The van der Waals surface area contributed by atoms with Crippen LogP contribution in [0.4, 0.5) is 5.69 Å². The van der Waals surface area contributed by atoms with Gasteiger partial charge in [-0.1, -0.05) is 36.9 Å². The van der Waals surface area contributed by atoms with Gasteiger partial charge in [0, 0.05) is 16.8 Å². The summed E-state index contributed by atoms with van der Waals surface area (Å²) in [5, 5.41) is 10.4. The van der Waals surface area contributed by atoms with Crippen LogP contribution in [0.5, 0.6) is 11.5 Å². The zero-order chi connectivity index (χ0) is 20.8. The second kappa shape index (κ2) is 6.69. The Bertz CT molecular complexity index is 1020. The molecule has 0 aliphatic carbocycles. The fourth-order valence-electron chi connectivity index (χ4n) is 4.24. The van der Waals surface area contributed by atoms with Gasteiger partial charge in [0.1, 0.15) is 6.61 Å². The summed E-state index contributed by atoms with van der Waals surface area (Å²) >= 11 is 0. The minimum atomic E-state index is -0.863. The first-order valence-electron chi connectivity index (χ1n) is 9.68. The average Bonchev–Trinajstić information content (AvgIpc) is 2.87. The highest BCUT2D eigenvalue weighted by Gasteiger charge is 2.58. The van der Waals surface area contributed by atoms with Gasteiger partial charge in [-0.15, -0.1) is 0 Å². The fourth-order valence-corrected chi connectivity index (χ4v) is 4.24. The van der Waals surface area contributed by atoms with Crippen LogP contribution in [0.1, 0.15) is 31.9 Å². The number of nitrogens with zero attached hydrogens (tertiary/aromatic N) is 1. The fraction of sp³-hybridized carbons (Fsp3) is 0.292. The molecule has 0 amide bonds. The predicted molar refractivity (Wildman–Crippen MR) is 113 cm³/mol. The first-order valence-corrected chi connectivity index (χ1v) is 9.68. The summed E-state index contributed by atoms with van der Waals surface area (Å²) in [4.78, 5) is 14.0. The van der Waals surface area contributed by atoms with E-state index < -0.39 is 17.1 Å². The molecule has 2 aliphatic heterocycles. The number of hydrogen-bond acceptors (Lipinski definition) is 5. The molecule has 5 heteroatoms. The first-order chi connectivity index (χ1) is 13.8. The van der Waals surface area contributed by atoms with E-state index >= 15 is 0 Å². The Labute approximate surface area is 170 Å². The van der Waals surface area contributed by atoms with Crippen molar-refractivity contribution in [2.24, 2.45) is 0 Å². The summed E-state index contributed by atoms with van der Waals surface area (Å²) in [5.74, 6) is 0.153. The topological polar surface area (TPSA) is 59.0 Å². The Morgan fingerprint density at radius 3 is 2.72 bits per heavy atom. The van der Waals surface area contributed by atoms with Gasteiger partial charge in [-0.25, -0.2) is 4.79 Å². The molecule has 1 atom stereocenters. The third-order valence-electron chi connectivity index (χ3n) is 5.83. The van der Waals surface area contributed by atoms with Gasteiger partial charge in [-0.05, 0) is 50.6 Å². The van der Waals surface area contributed by atoms with Crippen LogP contribution in [0.3, 0.4) is 0 Å². The molecule has 0 saturated carbocycles. The number of ether oxygens (including phenoxy) is 2. The van der Waals surface area contributed by atoms with E-state index in [2.05, 4.69) is 31.4 Å². The molecule has 0 aromatic heterocycles. The lowest BCUT2D eigenvalue weighted by atomic mass is 9.76. The van der Waals surface area contributed by atoms with Gasteiger partial charge in [0.25, 0.3) is 0 Å². The number of anilines is 1. The van der Waals surface area contributed by atoms with Crippen LogP contribution in [0.2, 0.25) is 0 Å². The highest BCUT2D eigenvalue weighted by molar-refractivity contribution is 5.87. The van der Waals surface area contributed by atoms with Crippen LogP contribution in [0.25, 0.3) is 6.08 Å². The number of para-hydroxylation sites is 2. The van der Waals surface area contributed by atoms with Crippen LogP contribution in [0, 0.1) is 0 Å². The summed E-state index contributed by atoms with van der Waals surface area (Å²) in [6.07, 6.45) is 4.02. The van der Waals surface area contributed by atoms with E-state index in [-0.39, 0.29) is 12.4 Å². The number of carbonyl (C=O) groups is 1. The van der Waals surface area contributed by atoms with Crippen molar-refractivity contribution in [3.8, 4) is 11.5 Å². The van der Waals surface area contributed by atoms with E-state index in [0.29, 0.717) is 17.9 Å². The molecule has 4 rings (SSSR count). The Morgan fingerprint density at radius 2 is 1.97 bits per heavy atom. The van der Waals surface area contributed by atoms with E-state index in [1.165, 1.54) is 0 Å². The second-order valence-corrected chi connectivity index (χ2v) is 8.04. The van der Waals surface area contributed by atoms with E-state index in [1.807, 2.05) is 36.4 Å². The third kappa shape index (κ3) is 2.80. The summed E-state index contributed by atoms with van der Waals surface area (Å²) < 4.78 is 11.9. The lowest BCUT2D eigenvalue weighted by molar-refractivity contribution is -0.138. The van der Waals surface area contributed by atoms with Crippen molar-refractivity contribution >= 4 is 17.7 Å². The summed E-state index contributed by atoms with van der Waals surface area (Å²) in [6, 6.07) is 13.5. The number of fused-ring (bicyclic) bond motifs is 2. The maximum Gasteiger partial charge on any atom is 0.333 e. The minimum absolute atomic E-state index is 0.103. The molecule has 1 spiro atoms. The lowest BCUT2D eigenvalue weighted by Crippen LogP contribution is -2.60. The molecule has 2 heterocycles. The van der Waals surface area contributed by atoms with Gasteiger partial charge in [0.05, 0.1) is 12.0 Å². The quantitative estimate of drug-likeness (QED) is 0.618. The van der Waals surface area contributed by atoms with Crippen molar-refractivity contribution in [1.29, 1.82) is 0 Å². The second-order valence-electron chi connectivity index (χ2n) is 8.04. The monoisotopic (exact) mass is 391 g/mol. The number of phenolic OH excluding ortho intramolecular Hbond substituents is 1. The zero-order valence-corrected chi connectivity index (χ0v) is 16.9. The molecule has 1 N–H and O–H groups in total. The van der Waals surface area contributed by atoms with Crippen LogP contribution in [-0.2, 0) is 14.9 Å². The standard InChI is InChI=1S/C24H25NO4/c1-16(2)22(27)28-15-14-25-19-10-6-5-9-18(19)23(3,4)24(25)13-12-17-8-7-11-20(26)21(17)29-24/h5-13,26H,1,14-15H2,2-4H3. The largest absolute Gasteiger partial charge is 0.504 e. The molecular formula is C24H25NO4. The molecule has 2 aliphatic rings. The summed E-state index contributed by atoms with van der Waals surface area (Å²) in [5.41, 5.74) is 2.07. The highest BCUT2D eigenvalue weighted by Crippen LogP contribution is 2.55. The van der Waals surface area contributed by atoms with Crippen molar-refractivity contribution in [3.05, 3.63) is 71.8 Å². The first kappa shape index (κ1) is 19.1. The molecule has 0 saturated heterocycles. The van der Waals surface area contributed by atoms with Crippen LogP contribution in [0.15, 0.2) is 60.7 Å². The van der Waals surface area contributed by atoms with Gasteiger partial charge in [0.2, 0.25) is 5.72 Å². The maximum atomic E-state index is 11.8. The van der Waals surface area contributed by atoms with Crippen LogP contribution in [-0.4, -0.2) is 30.0 Å². The molecule has 2 aromatic rings. The number of benzene rings is 2. The van der Waals surface area contributed by atoms with Crippen molar-refractivity contribution in [3.63, 3.8) is 0 Å². The van der Waals surface area contributed by atoms with E-state index in [9.17, 15) is 9.90 Å². The Hall–Kier alpha value is -3.21. The SMILES string of the molecule is C=C(C)C(=O)OCCN1c2ccccc2C(C)(C)C12C=Cc1cccc(O)c1O2. The Morgan fingerprint density at radius 1 is 1.21 bits per heavy atom. The number of phenols is 1. The van der Waals surface area contributed by atoms with Crippen LogP contribution < -0.4 is 9.64 Å². The molecule has 0 bridgehead atoms. The predicted octanol–water partition coefficient (Wildman–Crippen LogP) is 4.41. The number of rotatable bonds is 4. The summed E-state index contributed by atoms with van der Waals surface area (Å²) in [6.45, 7) is 10.1. The molecule has 1 unspecified atom stereocenters. The van der Waals surface area contributed by atoms with Crippen molar-refractivity contribution in [2.75, 3.05) is 18.1 Å². The van der Waals surface area contributed by atoms with E-state index in [1.54, 1.807) is 19.1 Å². The molecule has 0 fully saturated rings. The highest BCUT2D eigenvalue weighted by atomic mass is 16.5. The smallest absolute Gasteiger partial charge is 0.333 e. The minimum Gasteiger partial charge on any atom is -0.504 e. The van der Waals surface area contributed by atoms with Crippen molar-refractivity contribution in [1.82, 2.24) is 0 Å². The molecule has 2 aromatic carbocycles. The van der Waals surface area contributed by atoms with Crippen molar-refractivity contribution in [2.45, 2.75) is 31.9 Å². The third-order valence-corrected chi connectivity index (χ3v) is 5.83. The van der Waals surface area contributed by atoms with Gasteiger partial charge in [0.15, 0.2) is 11.5 Å². The van der Waals surface area contributed by atoms with Crippen LogP contribution >= 0.6 is 0 Å².